The van der Waals surface area contributed by atoms with Gasteiger partial charge in [-0.3, -0.25) is 4.79 Å². The van der Waals surface area contributed by atoms with Crippen molar-refractivity contribution in [2.45, 2.75) is 71.1 Å². The zero-order valence-electron chi connectivity index (χ0n) is 18.2. The van der Waals surface area contributed by atoms with Gasteiger partial charge in [-0.05, 0) is 36.7 Å². The van der Waals surface area contributed by atoms with Crippen LogP contribution in [0.25, 0.3) is 0 Å². The number of benzene rings is 1. The maximum Gasteiger partial charge on any atom is 0.408 e. The van der Waals surface area contributed by atoms with Crippen molar-refractivity contribution in [3.05, 3.63) is 35.9 Å². The number of carbonyl (C=O) groups is 3. The monoisotopic (exact) mass is 418 g/mol. The number of ether oxygens (including phenoxy) is 2. The van der Waals surface area contributed by atoms with Crippen molar-refractivity contribution in [3.8, 4) is 0 Å². The van der Waals surface area contributed by atoms with E-state index in [9.17, 15) is 14.4 Å². The molecule has 1 aromatic rings. The highest BCUT2D eigenvalue weighted by Crippen LogP contribution is 2.27. The summed E-state index contributed by atoms with van der Waals surface area (Å²) in [6, 6.07) is 7.85. The van der Waals surface area contributed by atoms with Gasteiger partial charge in [0.2, 0.25) is 5.91 Å². The van der Waals surface area contributed by atoms with E-state index in [1.807, 2.05) is 44.2 Å². The van der Waals surface area contributed by atoms with E-state index < -0.39 is 24.1 Å². The number of methoxy groups -OCH3 is 1. The number of hydrogen-bond acceptors (Lipinski definition) is 5. The number of amides is 2. The molecule has 30 heavy (non-hydrogen) atoms. The van der Waals surface area contributed by atoms with Gasteiger partial charge in [-0.1, -0.05) is 63.4 Å². The van der Waals surface area contributed by atoms with Crippen LogP contribution >= 0.6 is 0 Å². The van der Waals surface area contributed by atoms with Gasteiger partial charge in [0, 0.05) is 0 Å². The molecule has 0 bridgehead atoms. The lowest BCUT2D eigenvalue weighted by Crippen LogP contribution is -2.54. The molecule has 2 rings (SSSR count). The number of rotatable bonds is 9. The van der Waals surface area contributed by atoms with Gasteiger partial charge in [0.15, 0.2) is 0 Å². The topological polar surface area (TPSA) is 93.7 Å². The first-order valence-electron chi connectivity index (χ1n) is 10.8. The third kappa shape index (κ3) is 7.69. The molecule has 1 aliphatic carbocycles. The molecule has 2 atom stereocenters. The van der Waals surface area contributed by atoms with E-state index in [2.05, 4.69) is 10.6 Å². The van der Waals surface area contributed by atoms with Crippen molar-refractivity contribution in [2.24, 2.45) is 11.8 Å². The quantitative estimate of drug-likeness (QED) is 0.598. The lowest BCUT2D eigenvalue weighted by atomic mass is 9.83. The first-order valence-corrected chi connectivity index (χ1v) is 10.8. The zero-order chi connectivity index (χ0) is 21.9. The molecule has 1 fully saturated rings. The second-order valence-electron chi connectivity index (χ2n) is 8.30. The number of carbonyl (C=O) groups excluding carboxylic acids is 3. The second kappa shape index (κ2) is 12.2. The van der Waals surface area contributed by atoms with Crippen LogP contribution in [-0.2, 0) is 25.7 Å². The summed E-state index contributed by atoms with van der Waals surface area (Å²) in [5, 5.41) is 5.50. The Balaban J connectivity index is 1.99. The summed E-state index contributed by atoms with van der Waals surface area (Å²) in [7, 11) is 1.33. The predicted octanol–water partition coefficient (Wildman–Crippen LogP) is 3.57. The van der Waals surface area contributed by atoms with E-state index in [1.54, 1.807) is 0 Å². The molecular weight excluding hydrogens is 384 g/mol. The molecule has 1 saturated carbocycles. The smallest absolute Gasteiger partial charge is 0.408 e. The van der Waals surface area contributed by atoms with E-state index in [1.165, 1.54) is 7.11 Å². The summed E-state index contributed by atoms with van der Waals surface area (Å²) in [5.41, 5.74) is 0.862. The van der Waals surface area contributed by atoms with Crippen LogP contribution in [0.15, 0.2) is 30.3 Å². The van der Waals surface area contributed by atoms with Crippen molar-refractivity contribution >= 4 is 18.0 Å². The van der Waals surface area contributed by atoms with E-state index in [-0.39, 0.29) is 24.3 Å². The summed E-state index contributed by atoms with van der Waals surface area (Å²) < 4.78 is 10.2. The Kier molecular flexibility index (Phi) is 9.64. The Hall–Kier alpha value is -2.57. The number of alkyl carbamates (subject to hydrolysis) is 1. The maximum absolute atomic E-state index is 13.0. The molecule has 0 aromatic heterocycles. The van der Waals surface area contributed by atoms with Crippen molar-refractivity contribution in [2.75, 3.05) is 7.11 Å². The molecular formula is C23H34N2O5. The molecule has 0 spiro atoms. The lowest BCUT2D eigenvalue weighted by molar-refractivity contribution is -0.147. The van der Waals surface area contributed by atoms with Crippen molar-refractivity contribution < 1.29 is 23.9 Å². The van der Waals surface area contributed by atoms with Crippen LogP contribution in [0, 0.1) is 11.8 Å². The second-order valence-corrected chi connectivity index (χ2v) is 8.30. The zero-order valence-corrected chi connectivity index (χ0v) is 18.2. The average molecular weight is 419 g/mol. The van der Waals surface area contributed by atoms with Crippen molar-refractivity contribution in [1.82, 2.24) is 10.6 Å². The van der Waals surface area contributed by atoms with Crippen LogP contribution in [0.1, 0.15) is 57.9 Å². The first-order chi connectivity index (χ1) is 14.4. The van der Waals surface area contributed by atoms with Crippen LogP contribution in [0.4, 0.5) is 4.79 Å². The fourth-order valence-electron chi connectivity index (χ4n) is 3.83. The highest BCUT2D eigenvalue weighted by Gasteiger charge is 2.34. The molecule has 7 nitrogen and oxygen atoms in total. The van der Waals surface area contributed by atoms with Crippen LogP contribution in [-0.4, -0.2) is 37.2 Å². The fourth-order valence-corrected chi connectivity index (χ4v) is 3.83. The molecule has 2 amide bonds. The molecule has 7 heteroatoms. The van der Waals surface area contributed by atoms with Gasteiger partial charge in [-0.2, -0.15) is 0 Å². The largest absolute Gasteiger partial charge is 0.467 e. The Bertz CT molecular complexity index is 686. The highest BCUT2D eigenvalue weighted by atomic mass is 16.5. The number of nitrogens with one attached hydrogen (secondary N) is 2. The number of hydrogen-bond donors (Lipinski definition) is 2. The third-order valence-electron chi connectivity index (χ3n) is 5.40. The molecule has 2 N–H and O–H groups in total. The molecule has 1 aromatic carbocycles. The standard InChI is InChI=1S/C23H34N2O5/c1-16(2)14-19(24-23(28)30-15-17-10-6-4-7-11-17)21(26)25-20(22(27)29-3)18-12-8-5-9-13-18/h4,6-7,10-11,16,18-20H,5,8-9,12-15H2,1-3H3,(H,24,28)(H,25,26)/t19-,20+/m0/s1. The van der Waals surface area contributed by atoms with Crippen LogP contribution in [0.3, 0.4) is 0 Å². The lowest BCUT2D eigenvalue weighted by Gasteiger charge is -2.30. The molecule has 166 valence electrons. The molecule has 1 aliphatic rings. The van der Waals surface area contributed by atoms with Gasteiger partial charge in [-0.25, -0.2) is 9.59 Å². The van der Waals surface area contributed by atoms with E-state index in [0.717, 1.165) is 37.7 Å². The summed E-state index contributed by atoms with van der Waals surface area (Å²) in [5.74, 6) is -0.604. The van der Waals surface area contributed by atoms with Crippen molar-refractivity contribution in [1.29, 1.82) is 0 Å². The third-order valence-corrected chi connectivity index (χ3v) is 5.40. The van der Waals surface area contributed by atoms with Gasteiger partial charge in [0.1, 0.15) is 18.7 Å². The van der Waals surface area contributed by atoms with Crippen LogP contribution in [0.5, 0.6) is 0 Å². The minimum Gasteiger partial charge on any atom is -0.467 e. The minimum atomic E-state index is -0.788. The van der Waals surface area contributed by atoms with Crippen molar-refractivity contribution in [3.63, 3.8) is 0 Å². The SMILES string of the molecule is COC(=O)[C@H](NC(=O)[C@H](CC(C)C)NC(=O)OCc1ccccc1)C1CCCCC1. The highest BCUT2D eigenvalue weighted by molar-refractivity contribution is 5.89. The predicted molar refractivity (Wildman–Crippen MR) is 114 cm³/mol. The van der Waals surface area contributed by atoms with Crippen LogP contribution < -0.4 is 10.6 Å². The normalized spacial score (nSPS) is 16.4. The average Bonchev–Trinajstić information content (AvgIpc) is 2.76. The first kappa shape index (κ1) is 23.7. The van der Waals surface area contributed by atoms with Gasteiger partial charge in [-0.15, -0.1) is 0 Å². The number of esters is 1. The Morgan fingerprint density at radius 3 is 2.30 bits per heavy atom. The maximum atomic E-state index is 13.0. The fraction of sp³-hybridized carbons (Fsp3) is 0.609. The van der Waals surface area contributed by atoms with Gasteiger partial charge >= 0.3 is 12.1 Å². The summed E-state index contributed by atoms with van der Waals surface area (Å²) in [4.78, 5) is 37.6. The molecule has 0 saturated heterocycles. The summed E-state index contributed by atoms with van der Waals surface area (Å²) >= 11 is 0. The molecule has 0 radical (unpaired) electrons. The van der Waals surface area contributed by atoms with Crippen LogP contribution in [0.2, 0.25) is 0 Å². The van der Waals surface area contributed by atoms with Gasteiger partial charge in [0.25, 0.3) is 0 Å². The molecule has 0 heterocycles. The Morgan fingerprint density at radius 1 is 1.03 bits per heavy atom. The summed E-state index contributed by atoms with van der Waals surface area (Å²) in [6.07, 6.45) is 4.74. The Morgan fingerprint density at radius 2 is 1.70 bits per heavy atom. The van der Waals surface area contributed by atoms with E-state index in [0.29, 0.717) is 6.42 Å². The van der Waals surface area contributed by atoms with Gasteiger partial charge in [0.05, 0.1) is 7.11 Å². The van der Waals surface area contributed by atoms with E-state index in [4.69, 9.17) is 9.47 Å². The molecule has 0 unspecified atom stereocenters. The minimum absolute atomic E-state index is 0.0554. The Labute approximate surface area is 178 Å². The summed E-state index contributed by atoms with van der Waals surface area (Å²) in [6.45, 7) is 4.06. The molecule has 0 aliphatic heterocycles. The van der Waals surface area contributed by atoms with Gasteiger partial charge < -0.3 is 20.1 Å². The van der Waals surface area contributed by atoms with E-state index >= 15 is 0 Å².